The Kier molecular flexibility index (Phi) is 11.2. The molecule has 8 rings (SSSR count). The second-order valence-corrected chi connectivity index (χ2v) is 18.2. The van der Waals surface area contributed by atoms with Crippen LogP contribution in [0.1, 0.15) is 85.9 Å². The average molecular weight is 917 g/mol. The molecule has 13 nitrogen and oxygen atoms in total. The normalized spacial score (nSPS) is 19.1. The fourth-order valence-corrected chi connectivity index (χ4v) is 9.49. The van der Waals surface area contributed by atoms with Crippen LogP contribution in [0.15, 0.2) is 59.4 Å². The molecule has 63 heavy (non-hydrogen) atoms. The van der Waals surface area contributed by atoms with Crippen LogP contribution < -0.4 is 15.6 Å². The monoisotopic (exact) mass is 916 g/mol. The molecule has 2 N–H and O–H groups in total. The standard InChI is InChI=1S/C42H39ClF6N8O5S/c1-19-17-42(48,49)37-33(19)35(38(46)47)52-56(37)18-32(58)50-30(14-22-12-25(44)16-26(45)13-22)40-51-29-15-23(24-10-20(2)62-21(3)11-24)6-7-27(29)41(59)57(40)31-9-8-28(43)34-36(31)55(4)53-39(34)54-63(5,60)61/h6-10,12-13,15-16,19-21,30,38H,11,14,17-18H2,1-5H3,(H,50,58)(H,53,54)/t19-,20+,21-,30+/m1/s1. The summed E-state index contributed by atoms with van der Waals surface area (Å²) in [5.74, 6) is -8.00. The molecule has 0 radical (unpaired) electrons. The molecule has 0 saturated heterocycles. The second kappa shape index (κ2) is 16.1. The Balaban J connectivity index is 1.36. The number of aryl methyl sites for hydroxylation is 1. The molecule has 21 heteroatoms. The Morgan fingerprint density at radius 2 is 1.76 bits per heavy atom. The number of nitrogens with zero attached hydrogens (tertiary/aromatic N) is 6. The summed E-state index contributed by atoms with van der Waals surface area (Å²) in [5.41, 5.74) is -0.922. The Labute approximate surface area is 360 Å². The average Bonchev–Trinajstić information content (AvgIpc) is 3.79. The minimum absolute atomic E-state index is 0.0236. The third-order valence-electron chi connectivity index (χ3n) is 11.0. The topological polar surface area (TPSA) is 155 Å². The first-order valence-electron chi connectivity index (χ1n) is 19.7. The fraction of sp³-hybridized carbons (Fsp3) is 0.357. The lowest BCUT2D eigenvalue weighted by Crippen LogP contribution is -2.38. The minimum Gasteiger partial charge on any atom is -0.371 e. The van der Waals surface area contributed by atoms with E-state index in [-0.39, 0.29) is 67.5 Å². The van der Waals surface area contributed by atoms with E-state index in [9.17, 15) is 30.8 Å². The lowest BCUT2D eigenvalue weighted by atomic mass is 9.95. The highest BCUT2D eigenvalue weighted by Crippen LogP contribution is 2.51. The SMILES string of the molecule is C[C@@H]1CC(c2ccc3c(=O)n(-c4ccc(Cl)c5c(NS(C)(=O)=O)nn(C)c45)c([C@H](Cc4cc(F)cc(F)c4)NC(=O)Cn4nc(C(F)F)c5c4C(F)(F)C[C@H]5C)nc3c2)=C[C@H](C)O1. The van der Waals surface area contributed by atoms with Gasteiger partial charge in [-0.15, -0.1) is 0 Å². The number of hydrogen-bond acceptors (Lipinski definition) is 8. The molecule has 4 atom stereocenters. The molecule has 3 aromatic heterocycles. The largest absolute Gasteiger partial charge is 0.371 e. The predicted octanol–water partition coefficient (Wildman–Crippen LogP) is 7.99. The van der Waals surface area contributed by atoms with Crippen molar-refractivity contribution in [3.05, 3.63) is 116 Å². The maximum Gasteiger partial charge on any atom is 0.290 e. The minimum atomic E-state index is -3.91. The van der Waals surface area contributed by atoms with Crippen molar-refractivity contribution < 1.29 is 44.3 Å². The number of sulfonamides is 1. The Bertz CT molecular complexity index is 3040. The van der Waals surface area contributed by atoms with Gasteiger partial charge in [0.2, 0.25) is 15.9 Å². The van der Waals surface area contributed by atoms with E-state index in [1.807, 2.05) is 19.9 Å². The molecule has 0 unspecified atom stereocenters. The number of rotatable bonds is 11. The summed E-state index contributed by atoms with van der Waals surface area (Å²) < 4.78 is 124. The third kappa shape index (κ3) is 8.42. The highest BCUT2D eigenvalue weighted by atomic mass is 35.5. The predicted molar refractivity (Wildman–Crippen MR) is 223 cm³/mol. The van der Waals surface area contributed by atoms with Crippen LogP contribution in [0.3, 0.4) is 0 Å². The van der Waals surface area contributed by atoms with E-state index >= 15 is 13.6 Å². The van der Waals surface area contributed by atoms with E-state index in [0.29, 0.717) is 22.7 Å². The Hall–Kier alpha value is -5.73. The van der Waals surface area contributed by atoms with Crippen molar-refractivity contribution in [2.45, 2.75) is 83.1 Å². The molecular formula is C42H39ClF6N8O5S. The van der Waals surface area contributed by atoms with Gasteiger partial charge in [-0.2, -0.15) is 19.0 Å². The van der Waals surface area contributed by atoms with E-state index in [2.05, 4.69) is 20.2 Å². The maximum absolute atomic E-state index is 15.4. The Morgan fingerprint density at radius 3 is 2.43 bits per heavy atom. The van der Waals surface area contributed by atoms with E-state index in [4.69, 9.17) is 21.3 Å². The fourth-order valence-electron chi connectivity index (χ4n) is 8.76. The molecule has 0 bridgehead atoms. The van der Waals surface area contributed by atoms with Gasteiger partial charge in [-0.1, -0.05) is 30.7 Å². The van der Waals surface area contributed by atoms with Gasteiger partial charge in [0.25, 0.3) is 17.9 Å². The van der Waals surface area contributed by atoms with Gasteiger partial charge in [0.05, 0.1) is 57.0 Å². The number of aromatic nitrogens is 6. The number of nitrogens with one attached hydrogen (secondary N) is 2. The van der Waals surface area contributed by atoms with Gasteiger partial charge in [0.1, 0.15) is 35.4 Å². The number of anilines is 1. The molecule has 6 aromatic rings. The van der Waals surface area contributed by atoms with E-state index in [0.717, 1.165) is 28.5 Å². The quantitative estimate of drug-likeness (QED) is 0.124. The van der Waals surface area contributed by atoms with Gasteiger partial charge >= 0.3 is 0 Å². The Morgan fingerprint density at radius 1 is 1.05 bits per heavy atom. The number of hydrogen-bond donors (Lipinski definition) is 2. The van der Waals surface area contributed by atoms with Crippen molar-refractivity contribution in [3.8, 4) is 5.69 Å². The first-order valence-corrected chi connectivity index (χ1v) is 21.9. The van der Waals surface area contributed by atoms with Crippen molar-refractivity contribution in [1.29, 1.82) is 0 Å². The summed E-state index contributed by atoms with van der Waals surface area (Å²) in [5, 5.41) is 10.9. The lowest BCUT2D eigenvalue weighted by Gasteiger charge is -2.26. The molecule has 2 aliphatic rings. The van der Waals surface area contributed by atoms with E-state index in [1.165, 1.54) is 30.8 Å². The highest BCUT2D eigenvalue weighted by molar-refractivity contribution is 7.92. The van der Waals surface area contributed by atoms with Crippen LogP contribution in [0.4, 0.5) is 32.2 Å². The van der Waals surface area contributed by atoms with E-state index in [1.54, 1.807) is 18.2 Å². The van der Waals surface area contributed by atoms with Crippen molar-refractivity contribution in [2.75, 3.05) is 11.0 Å². The van der Waals surface area contributed by atoms with Crippen LogP contribution in [-0.2, 0) is 45.5 Å². The first-order chi connectivity index (χ1) is 29.6. The summed E-state index contributed by atoms with van der Waals surface area (Å²) in [6.45, 7) is 4.16. The third-order valence-corrected chi connectivity index (χ3v) is 11.9. The van der Waals surface area contributed by atoms with Crippen LogP contribution in [0, 0.1) is 11.6 Å². The number of ether oxygens (including phenoxy) is 1. The van der Waals surface area contributed by atoms with Gasteiger partial charge < -0.3 is 10.1 Å². The van der Waals surface area contributed by atoms with Gasteiger partial charge in [0.15, 0.2) is 5.82 Å². The number of fused-ring (bicyclic) bond motifs is 3. The van der Waals surface area contributed by atoms with Crippen LogP contribution >= 0.6 is 11.6 Å². The molecule has 1 aliphatic heterocycles. The zero-order valence-corrected chi connectivity index (χ0v) is 35.8. The molecule has 332 valence electrons. The van der Waals surface area contributed by atoms with Gasteiger partial charge in [-0.05, 0) is 79.3 Å². The maximum atomic E-state index is 15.4. The number of carbonyl (C=O) groups excluding carboxylic acids is 1. The van der Waals surface area contributed by atoms with Crippen molar-refractivity contribution in [2.24, 2.45) is 7.05 Å². The molecule has 1 amide bonds. The van der Waals surface area contributed by atoms with Crippen LogP contribution in [-0.4, -0.2) is 61.9 Å². The van der Waals surface area contributed by atoms with Crippen molar-refractivity contribution in [3.63, 3.8) is 0 Å². The molecule has 3 aromatic carbocycles. The molecule has 0 saturated carbocycles. The zero-order valence-electron chi connectivity index (χ0n) is 34.2. The first kappa shape index (κ1) is 43.9. The molecule has 4 heterocycles. The van der Waals surface area contributed by atoms with Crippen LogP contribution in [0.5, 0.6) is 0 Å². The molecular weight excluding hydrogens is 878 g/mol. The number of carbonyl (C=O) groups is 1. The summed E-state index contributed by atoms with van der Waals surface area (Å²) in [6.07, 6.45) is -1.47. The number of benzene rings is 3. The summed E-state index contributed by atoms with van der Waals surface area (Å²) in [4.78, 5) is 34.2. The smallest absolute Gasteiger partial charge is 0.290 e. The number of amides is 1. The van der Waals surface area contributed by atoms with Crippen LogP contribution in [0.2, 0.25) is 5.02 Å². The van der Waals surface area contributed by atoms with Crippen LogP contribution in [0.25, 0.3) is 33.1 Å². The summed E-state index contributed by atoms with van der Waals surface area (Å²) in [7, 11) is -2.44. The number of halogens is 7. The lowest BCUT2D eigenvalue weighted by molar-refractivity contribution is -0.123. The summed E-state index contributed by atoms with van der Waals surface area (Å²) in [6, 6.07) is 8.89. The number of alkyl halides is 4. The van der Waals surface area contributed by atoms with Gasteiger partial charge in [0, 0.05) is 31.5 Å². The summed E-state index contributed by atoms with van der Waals surface area (Å²) >= 11 is 6.64. The highest BCUT2D eigenvalue weighted by Gasteiger charge is 2.50. The van der Waals surface area contributed by atoms with Gasteiger partial charge in [-0.3, -0.25) is 28.2 Å². The molecule has 0 fully saturated rings. The van der Waals surface area contributed by atoms with Gasteiger partial charge in [-0.25, -0.2) is 31.0 Å². The molecule has 1 aliphatic carbocycles. The van der Waals surface area contributed by atoms with E-state index < -0.39 is 88.2 Å². The molecule has 0 spiro atoms. The van der Waals surface area contributed by atoms with Crippen molar-refractivity contribution >= 4 is 60.7 Å². The zero-order chi connectivity index (χ0) is 45.4. The van der Waals surface area contributed by atoms with Crippen molar-refractivity contribution in [1.82, 2.24) is 34.4 Å². The second-order valence-electron chi connectivity index (χ2n) is 16.0.